The molecular formula is C32H20N4. The molecule has 4 aromatic heterocycles. The molecule has 0 atom stereocenters. The molecule has 0 aliphatic carbocycles. The smallest absolute Gasteiger partial charge is 0.145 e. The molecule has 4 heteroatoms. The van der Waals surface area contributed by atoms with Crippen molar-refractivity contribution in [1.82, 2.24) is 18.8 Å². The first-order chi connectivity index (χ1) is 17.8. The number of para-hydroxylation sites is 2. The Hall–Kier alpha value is -4.70. The second-order valence-electron chi connectivity index (χ2n) is 10.00. The van der Waals surface area contributed by atoms with E-state index in [1.54, 1.807) is 0 Å². The van der Waals surface area contributed by atoms with Crippen LogP contribution in [0.2, 0.25) is 0 Å². The van der Waals surface area contributed by atoms with Crippen LogP contribution in [0, 0.1) is 0 Å². The van der Waals surface area contributed by atoms with Crippen LogP contribution in [0.25, 0.3) is 54.6 Å². The number of hydrogen-bond acceptors (Lipinski definition) is 2. The number of rotatable bonds is 0. The van der Waals surface area contributed by atoms with Gasteiger partial charge in [0.15, 0.2) is 0 Å². The van der Waals surface area contributed by atoms with Gasteiger partial charge in [-0.25, -0.2) is 9.97 Å². The summed E-state index contributed by atoms with van der Waals surface area (Å²) in [5, 5.41) is 7.39. The summed E-state index contributed by atoms with van der Waals surface area (Å²) in [6.07, 6.45) is 5.99. The molecule has 0 unspecified atom stereocenters. The van der Waals surface area contributed by atoms with Crippen LogP contribution in [0.3, 0.4) is 0 Å². The van der Waals surface area contributed by atoms with E-state index in [1.165, 1.54) is 54.5 Å². The maximum Gasteiger partial charge on any atom is 0.145 e. The van der Waals surface area contributed by atoms with Gasteiger partial charge in [-0.15, -0.1) is 0 Å². The summed E-state index contributed by atoms with van der Waals surface area (Å²) in [7, 11) is 0. The van der Waals surface area contributed by atoms with Crippen LogP contribution < -0.4 is 0 Å². The molecule has 8 bridgehead atoms. The van der Waals surface area contributed by atoms with Crippen molar-refractivity contribution in [3.05, 3.63) is 120 Å². The molecule has 0 fully saturated rings. The third kappa shape index (κ3) is 2.38. The first-order valence-electron chi connectivity index (χ1n) is 12.4. The highest BCUT2D eigenvalue weighted by molar-refractivity contribution is 6.13. The summed E-state index contributed by atoms with van der Waals surface area (Å²) in [6.45, 7) is 0. The average molecular weight is 461 g/mol. The van der Waals surface area contributed by atoms with Gasteiger partial charge in [0.25, 0.3) is 0 Å². The van der Waals surface area contributed by atoms with Crippen molar-refractivity contribution >= 4 is 54.6 Å². The molecule has 0 amide bonds. The van der Waals surface area contributed by atoms with E-state index in [2.05, 4.69) is 106 Å². The van der Waals surface area contributed by atoms with Gasteiger partial charge in [0.2, 0.25) is 0 Å². The topological polar surface area (TPSA) is 34.6 Å². The van der Waals surface area contributed by atoms with Crippen LogP contribution in [0.15, 0.2) is 97.3 Å². The van der Waals surface area contributed by atoms with Crippen molar-refractivity contribution < 1.29 is 0 Å². The molecule has 168 valence electrons. The molecule has 0 spiro atoms. The van der Waals surface area contributed by atoms with E-state index < -0.39 is 0 Å². The minimum absolute atomic E-state index is 0.777. The van der Waals surface area contributed by atoms with E-state index in [0.29, 0.717) is 0 Å². The number of imidazole rings is 2. The highest BCUT2D eigenvalue weighted by atomic mass is 15.0. The number of benzene rings is 4. The third-order valence-corrected chi connectivity index (χ3v) is 7.84. The number of aromatic nitrogens is 4. The minimum atomic E-state index is 0.777. The number of nitrogens with zero attached hydrogens (tertiary/aromatic N) is 4. The molecule has 9 rings (SSSR count). The molecule has 4 nitrogen and oxygen atoms in total. The SMILES string of the molecule is c1ccc2c(c1)c1ccc3cc1c1nc(cn21)Cc1ccc2c4ccccc4n4cc(nc4c2c1)C3. The molecule has 0 saturated heterocycles. The Morgan fingerprint density at radius 3 is 1.44 bits per heavy atom. The summed E-state index contributed by atoms with van der Waals surface area (Å²) >= 11 is 0. The number of fused-ring (bicyclic) bond motifs is 10. The zero-order valence-corrected chi connectivity index (χ0v) is 19.4. The van der Waals surface area contributed by atoms with E-state index in [4.69, 9.17) is 9.97 Å². The predicted molar refractivity (Wildman–Crippen MR) is 146 cm³/mol. The summed E-state index contributed by atoms with van der Waals surface area (Å²) < 4.78 is 4.55. The fraction of sp³-hybridized carbons (Fsp3) is 0.0625. The van der Waals surface area contributed by atoms with Crippen LogP contribution in [-0.4, -0.2) is 18.8 Å². The quantitative estimate of drug-likeness (QED) is 0.226. The molecule has 1 aliphatic heterocycles. The first kappa shape index (κ1) is 18.6. The van der Waals surface area contributed by atoms with Crippen molar-refractivity contribution in [1.29, 1.82) is 0 Å². The van der Waals surface area contributed by atoms with Gasteiger partial charge in [0.05, 0.1) is 22.4 Å². The van der Waals surface area contributed by atoms with Crippen molar-refractivity contribution in [3.63, 3.8) is 0 Å². The lowest BCUT2D eigenvalue weighted by atomic mass is 10.0. The van der Waals surface area contributed by atoms with E-state index in [9.17, 15) is 0 Å². The van der Waals surface area contributed by atoms with Gasteiger partial charge in [0, 0.05) is 46.8 Å². The second-order valence-corrected chi connectivity index (χ2v) is 10.00. The molecule has 0 N–H and O–H groups in total. The maximum atomic E-state index is 5.18. The molecule has 0 saturated carbocycles. The zero-order chi connectivity index (χ0) is 23.4. The molecule has 0 radical (unpaired) electrons. The standard InChI is InChI=1S/C32H20N4/c1-3-7-29-25(5-1)23-11-9-19-13-22-18-36-30-8-4-2-6-26(30)24-12-10-20(16-28(24)32(36)34-22)14-21-17-35(29)31(33-21)27(23)15-19/h1-12,15-18H,13-14H2. The van der Waals surface area contributed by atoms with Crippen LogP contribution in [-0.2, 0) is 12.8 Å². The van der Waals surface area contributed by atoms with Gasteiger partial charge in [-0.2, -0.15) is 0 Å². The molecule has 8 aromatic rings. The molecule has 36 heavy (non-hydrogen) atoms. The largest absolute Gasteiger partial charge is 0.299 e. The number of hydrogen-bond donors (Lipinski definition) is 0. The van der Waals surface area contributed by atoms with Gasteiger partial charge in [-0.1, -0.05) is 60.7 Å². The van der Waals surface area contributed by atoms with Crippen LogP contribution in [0.4, 0.5) is 0 Å². The minimum Gasteiger partial charge on any atom is -0.299 e. The van der Waals surface area contributed by atoms with Crippen molar-refractivity contribution in [3.8, 4) is 0 Å². The van der Waals surface area contributed by atoms with Crippen LogP contribution >= 0.6 is 0 Å². The van der Waals surface area contributed by atoms with E-state index in [-0.39, 0.29) is 0 Å². The van der Waals surface area contributed by atoms with Gasteiger partial charge < -0.3 is 0 Å². The Morgan fingerprint density at radius 2 is 0.944 bits per heavy atom. The van der Waals surface area contributed by atoms with Gasteiger partial charge in [-0.05, 0) is 46.2 Å². The predicted octanol–water partition coefficient (Wildman–Crippen LogP) is 7.09. The lowest BCUT2D eigenvalue weighted by Crippen LogP contribution is -1.93. The summed E-state index contributed by atoms with van der Waals surface area (Å²) in [5.74, 6) is 0. The van der Waals surface area contributed by atoms with E-state index >= 15 is 0 Å². The van der Waals surface area contributed by atoms with Gasteiger partial charge in [0.1, 0.15) is 11.3 Å². The van der Waals surface area contributed by atoms with Crippen LogP contribution in [0.5, 0.6) is 0 Å². The van der Waals surface area contributed by atoms with Crippen LogP contribution in [0.1, 0.15) is 22.5 Å². The second kappa shape index (κ2) is 6.49. The van der Waals surface area contributed by atoms with Gasteiger partial charge in [-0.3, -0.25) is 8.80 Å². The molecule has 5 heterocycles. The Bertz CT molecular complexity index is 2050. The monoisotopic (exact) mass is 460 g/mol. The molecule has 1 aliphatic rings. The van der Waals surface area contributed by atoms with Crippen molar-refractivity contribution in [2.45, 2.75) is 12.8 Å². The lowest BCUT2D eigenvalue weighted by molar-refractivity contribution is 1.12. The lowest BCUT2D eigenvalue weighted by Gasteiger charge is -2.09. The Morgan fingerprint density at radius 1 is 0.472 bits per heavy atom. The van der Waals surface area contributed by atoms with E-state index in [0.717, 1.165) is 35.5 Å². The fourth-order valence-corrected chi connectivity index (χ4v) is 6.26. The third-order valence-electron chi connectivity index (χ3n) is 7.84. The average Bonchev–Trinajstić information content (AvgIpc) is 3.53. The Labute approximate surface area is 206 Å². The normalized spacial score (nSPS) is 13.3. The fourth-order valence-electron chi connectivity index (χ4n) is 6.26. The van der Waals surface area contributed by atoms with E-state index in [1.807, 2.05) is 0 Å². The summed E-state index contributed by atoms with van der Waals surface area (Å²) in [5.41, 5.74) is 9.10. The highest BCUT2D eigenvalue weighted by Gasteiger charge is 2.17. The summed E-state index contributed by atoms with van der Waals surface area (Å²) in [4.78, 5) is 10.4. The molecular weight excluding hydrogens is 440 g/mol. The molecule has 4 aromatic carbocycles. The van der Waals surface area contributed by atoms with Crippen molar-refractivity contribution in [2.75, 3.05) is 0 Å². The first-order valence-corrected chi connectivity index (χ1v) is 12.4. The zero-order valence-electron chi connectivity index (χ0n) is 19.4. The Kier molecular flexibility index (Phi) is 3.36. The highest BCUT2D eigenvalue weighted by Crippen LogP contribution is 2.34. The number of pyridine rings is 2. The Balaban J connectivity index is 1.44. The maximum absolute atomic E-state index is 5.18. The van der Waals surface area contributed by atoms with Gasteiger partial charge >= 0.3 is 0 Å². The summed E-state index contributed by atoms with van der Waals surface area (Å²) in [6, 6.07) is 30.9. The van der Waals surface area contributed by atoms with Crippen molar-refractivity contribution in [2.24, 2.45) is 0 Å².